The molecule has 0 atom stereocenters. The van der Waals surface area contributed by atoms with Crippen LogP contribution in [0.1, 0.15) is 19.4 Å². The molecule has 28 heavy (non-hydrogen) atoms. The second-order valence-electron chi connectivity index (χ2n) is 5.50. The first-order valence-electron chi connectivity index (χ1n) is 8.53. The second kappa shape index (κ2) is 10.7. The first kappa shape index (κ1) is 23.4. The normalized spacial score (nSPS) is 11.5. The van der Waals surface area contributed by atoms with Gasteiger partial charge in [0.25, 0.3) is 0 Å². The maximum Gasteiger partial charge on any atom is 0.330 e. The Hall–Kier alpha value is -2.59. The maximum atomic E-state index is 13.2. The fourth-order valence-corrected chi connectivity index (χ4v) is 4.00. The van der Waals surface area contributed by atoms with Crippen molar-refractivity contribution in [3.63, 3.8) is 0 Å². The van der Waals surface area contributed by atoms with Crippen molar-refractivity contribution in [2.24, 2.45) is 0 Å². The van der Waals surface area contributed by atoms with Gasteiger partial charge in [0, 0.05) is 19.2 Å². The lowest BCUT2D eigenvalue weighted by Gasteiger charge is -2.22. The molecule has 0 bridgehead atoms. The molecule has 0 spiro atoms. The lowest BCUT2D eigenvalue weighted by Crippen LogP contribution is -2.40. The summed E-state index contributed by atoms with van der Waals surface area (Å²) in [7, 11) is -0.166. The summed E-state index contributed by atoms with van der Waals surface area (Å²) in [5, 5.41) is 2.57. The highest BCUT2D eigenvalue weighted by atomic mass is 32.2. The first-order chi connectivity index (χ1) is 13.2. The van der Waals surface area contributed by atoms with Crippen LogP contribution in [0.3, 0.4) is 0 Å². The molecule has 1 aromatic carbocycles. The van der Waals surface area contributed by atoms with Gasteiger partial charge in [0.1, 0.15) is 4.90 Å². The summed E-state index contributed by atoms with van der Waals surface area (Å²) >= 11 is 0. The minimum atomic E-state index is -4.09. The van der Waals surface area contributed by atoms with Gasteiger partial charge in [-0.25, -0.2) is 13.2 Å². The Bertz CT molecular complexity index is 835. The number of rotatable bonds is 10. The Morgan fingerprint density at radius 3 is 2.32 bits per heavy atom. The van der Waals surface area contributed by atoms with E-state index in [2.05, 4.69) is 10.1 Å². The second-order valence-corrected chi connectivity index (χ2v) is 7.40. The largest absolute Gasteiger partial charge is 0.493 e. The van der Waals surface area contributed by atoms with E-state index in [1.54, 1.807) is 13.8 Å². The van der Waals surface area contributed by atoms with Crippen molar-refractivity contribution in [3.8, 4) is 11.5 Å². The molecule has 0 radical (unpaired) electrons. The molecule has 0 unspecified atom stereocenters. The van der Waals surface area contributed by atoms with Crippen LogP contribution in [-0.2, 0) is 24.3 Å². The first-order valence-corrected chi connectivity index (χ1v) is 9.97. The third-order valence-corrected chi connectivity index (χ3v) is 5.67. The number of carbonyl (C=O) groups excluding carboxylic acids is 2. The summed E-state index contributed by atoms with van der Waals surface area (Å²) in [6.07, 6.45) is 2.55. The summed E-state index contributed by atoms with van der Waals surface area (Å²) in [6, 6.07) is 2.87. The van der Waals surface area contributed by atoms with Gasteiger partial charge in [0.15, 0.2) is 11.5 Å². The van der Waals surface area contributed by atoms with E-state index in [9.17, 15) is 18.0 Å². The lowest BCUT2D eigenvalue weighted by atomic mass is 10.2. The zero-order valence-electron chi connectivity index (χ0n) is 16.6. The molecule has 0 aliphatic rings. The third-order valence-electron chi connectivity index (χ3n) is 3.74. The molecule has 1 amide bonds. The van der Waals surface area contributed by atoms with E-state index in [-0.39, 0.29) is 29.5 Å². The monoisotopic (exact) mass is 414 g/mol. The van der Waals surface area contributed by atoms with Crippen LogP contribution in [0, 0.1) is 0 Å². The summed E-state index contributed by atoms with van der Waals surface area (Å²) in [5.41, 5.74) is 0.385. The number of hydrogen-bond acceptors (Lipinski definition) is 7. The fraction of sp³-hybridized carbons (Fsp3) is 0.444. The van der Waals surface area contributed by atoms with Crippen molar-refractivity contribution in [1.82, 2.24) is 9.62 Å². The summed E-state index contributed by atoms with van der Waals surface area (Å²) < 4.78 is 42.5. The Balaban J connectivity index is 3.50. The number of sulfonamides is 1. The molecule has 0 saturated heterocycles. The van der Waals surface area contributed by atoms with Gasteiger partial charge in [-0.15, -0.1) is 0 Å². The van der Waals surface area contributed by atoms with Crippen molar-refractivity contribution < 1.29 is 32.2 Å². The van der Waals surface area contributed by atoms with Crippen LogP contribution < -0.4 is 14.8 Å². The number of amides is 1. The zero-order chi connectivity index (χ0) is 21.3. The number of hydrogen-bond donors (Lipinski definition) is 1. The number of likely N-dealkylation sites (N-methyl/N-ethyl adjacent to an activating group) is 2. The van der Waals surface area contributed by atoms with E-state index in [1.807, 2.05) is 0 Å². The standard InChI is InChI=1S/C18H26N2O7S/c1-6-19-16(21)12-20(7-2)28(23,24)15-11-13(8-9-17(22)26-4)10-14(25-3)18(15)27-5/h8-11H,6-7,12H2,1-5H3,(H,19,21)/b9-8+. The molecule has 0 heterocycles. The Kier molecular flexibility index (Phi) is 8.93. The average molecular weight is 414 g/mol. The quantitative estimate of drug-likeness (QED) is 0.450. The highest BCUT2D eigenvalue weighted by molar-refractivity contribution is 7.89. The van der Waals surface area contributed by atoms with Gasteiger partial charge in [-0.3, -0.25) is 4.79 Å². The minimum Gasteiger partial charge on any atom is -0.493 e. The summed E-state index contributed by atoms with van der Waals surface area (Å²) in [5.74, 6) is -0.833. The van der Waals surface area contributed by atoms with Gasteiger partial charge in [-0.1, -0.05) is 6.92 Å². The topological polar surface area (TPSA) is 111 Å². The number of esters is 1. The number of carbonyl (C=O) groups is 2. The SMILES string of the molecule is CCNC(=O)CN(CC)S(=O)(=O)c1cc(/C=C/C(=O)OC)cc(OC)c1OC. The maximum absolute atomic E-state index is 13.2. The van der Waals surface area contributed by atoms with Crippen molar-refractivity contribution in [1.29, 1.82) is 0 Å². The third kappa shape index (κ3) is 5.70. The van der Waals surface area contributed by atoms with Crippen LogP contribution in [0.25, 0.3) is 6.08 Å². The summed E-state index contributed by atoms with van der Waals surface area (Å²) in [6.45, 7) is 3.50. The smallest absolute Gasteiger partial charge is 0.330 e. The van der Waals surface area contributed by atoms with E-state index in [0.717, 1.165) is 10.4 Å². The van der Waals surface area contributed by atoms with Gasteiger partial charge >= 0.3 is 5.97 Å². The van der Waals surface area contributed by atoms with Crippen LogP contribution in [0.15, 0.2) is 23.1 Å². The average Bonchev–Trinajstić information content (AvgIpc) is 2.69. The molecule has 156 valence electrons. The van der Waals surface area contributed by atoms with Crippen LogP contribution >= 0.6 is 0 Å². The Labute approximate surface area is 165 Å². The van der Waals surface area contributed by atoms with Gasteiger partial charge in [-0.2, -0.15) is 4.31 Å². The van der Waals surface area contributed by atoms with Crippen LogP contribution in [0.5, 0.6) is 11.5 Å². The molecule has 0 aromatic heterocycles. The number of nitrogens with one attached hydrogen (secondary N) is 1. The molecule has 0 saturated carbocycles. The van der Waals surface area contributed by atoms with Gasteiger partial charge in [0.05, 0.1) is 27.9 Å². The summed E-state index contributed by atoms with van der Waals surface area (Å²) in [4.78, 5) is 23.1. The molecule has 10 heteroatoms. The Morgan fingerprint density at radius 1 is 1.14 bits per heavy atom. The molecule has 1 aromatic rings. The molecule has 1 rings (SSSR count). The van der Waals surface area contributed by atoms with Crippen molar-refractivity contribution in [2.45, 2.75) is 18.7 Å². The van der Waals surface area contributed by atoms with Crippen molar-refractivity contribution in [2.75, 3.05) is 41.0 Å². The van der Waals surface area contributed by atoms with Crippen molar-refractivity contribution in [3.05, 3.63) is 23.8 Å². The molecule has 9 nitrogen and oxygen atoms in total. The van der Waals surface area contributed by atoms with Crippen molar-refractivity contribution >= 4 is 28.0 Å². The predicted molar refractivity (Wildman–Crippen MR) is 104 cm³/mol. The lowest BCUT2D eigenvalue weighted by molar-refractivity contribution is -0.134. The van der Waals surface area contributed by atoms with E-state index < -0.39 is 21.9 Å². The molecule has 1 N–H and O–H groups in total. The van der Waals surface area contributed by atoms with Crippen LogP contribution in [0.2, 0.25) is 0 Å². The number of nitrogens with zero attached hydrogens (tertiary/aromatic N) is 1. The van der Waals surface area contributed by atoms with E-state index >= 15 is 0 Å². The van der Waals surface area contributed by atoms with Gasteiger partial charge in [-0.05, 0) is 30.7 Å². The fourth-order valence-electron chi connectivity index (χ4n) is 2.39. The Morgan fingerprint density at radius 2 is 1.82 bits per heavy atom. The van der Waals surface area contributed by atoms with E-state index in [0.29, 0.717) is 12.1 Å². The van der Waals surface area contributed by atoms with Crippen LogP contribution in [-0.4, -0.2) is 65.6 Å². The van der Waals surface area contributed by atoms with Crippen LogP contribution in [0.4, 0.5) is 0 Å². The molecule has 0 fully saturated rings. The number of methoxy groups -OCH3 is 3. The molecule has 0 aliphatic carbocycles. The van der Waals surface area contributed by atoms with E-state index in [4.69, 9.17) is 9.47 Å². The number of benzene rings is 1. The highest BCUT2D eigenvalue weighted by Crippen LogP contribution is 2.37. The minimum absolute atomic E-state index is 0.00654. The zero-order valence-corrected chi connectivity index (χ0v) is 17.5. The molecular formula is C18H26N2O7S. The molecule has 0 aliphatic heterocycles. The van der Waals surface area contributed by atoms with Gasteiger partial charge < -0.3 is 19.5 Å². The predicted octanol–water partition coefficient (Wildman–Crippen LogP) is 1.04. The number of ether oxygens (including phenoxy) is 3. The highest BCUT2D eigenvalue weighted by Gasteiger charge is 2.30. The van der Waals surface area contributed by atoms with E-state index in [1.165, 1.54) is 39.5 Å². The molecular weight excluding hydrogens is 388 g/mol. The van der Waals surface area contributed by atoms with Gasteiger partial charge in [0.2, 0.25) is 15.9 Å².